The first kappa shape index (κ1) is 23.5. The van der Waals surface area contributed by atoms with Crippen LogP contribution in [-0.2, 0) is 14.4 Å². The van der Waals surface area contributed by atoms with E-state index in [1.54, 1.807) is 17.0 Å². The molecule has 2 aromatic rings. The van der Waals surface area contributed by atoms with Gasteiger partial charge in [0.05, 0.1) is 25.5 Å². The molecule has 1 amide bonds. The van der Waals surface area contributed by atoms with Crippen molar-refractivity contribution in [3.8, 4) is 5.75 Å². The number of hydrogen-bond acceptors (Lipinski definition) is 6. The maximum atomic E-state index is 13.0. The minimum Gasteiger partial charge on any atom is -0.484 e. The minimum absolute atomic E-state index is 0.0127. The Labute approximate surface area is 188 Å². The van der Waals surface area contributed by atoms with Gasteiger partial charge in [0.1, 0.15) is 18.2 Å². The van der Waals surface area contributed by atoms with Crippen molar-refractivity contribution < 1.29 is 23.5 Å². The van der Waals surface area contributed by atoms with Crippen LogP contribution in [0.2, 0.25) is 0 Å². The average Bonchev–Trinajstić information content (AvgIpc) is 2.84. The van der Waals surface area contributed by atoms with Crippen LogP contribution < -0.4 is 9.64 Å². The van der Waals surface area contributed by atoms with Gasteiger partial charge in [-0.25, -0.2) is 4.39 Å². The molecule has 0 aliphatic carbocycles. The van der Waals surface area contributed by atoms with Crippen LogP contribution in [0, 0.1) is 5.82 Å². The summed E-state index contributed by atoms with van der Waals surface area (Å²) in [4.78, 5) is 21.4. The fourth-order valence-electron chi connectivity index (χ4n) is 3.24. The predicted octanol–water partition coefficient (Wildman–Crippen LogP) is 3.33. The summed E-state index contributed by atoms with van der Waals surface area (Å²) in [5.41, 5.74) is 2.68. The third-order valence-electron chi connectivity index (χ3n) is 5.21. The molecule has 172 valence electrons. The second kappa shape index (κ2) is 12.0. The summed E-state index contributed by atoms with van der Waals surface area (Å²) in [5.74, 6) is 0.343. The molecular formula is C24H30FN3O4. The molecule has 0 saturated carbocycles. The molecule has 3 rings (SSSR count). The Bertz CT molecular complexity index is 881. The van der Waals surface area contributed by atoms with Crippen LogP contribution in [0.5, 0.6) is 5.75 Å². The number of ether oxygens (including phenoxy) is 2. The largest absolute Gasteiger partial charge is 0.484 e. The Morgan fingerprint density at radius 3 is 2.47 bits per heavy atom. The molecule has 8 heteroatoms. The summed E-state index contributed by atoms with van der Waals surface area (Å²) in [7, 11) is 1.92. The van der Waals surface area contributed by atoms with E-state index in [9.17, 15) is 9.18 Å². The molecule has 0 spiro atoms. The summed E-state index contributed by atoms with van der Waals surface area (Å²) in [5, 5.41) is 4.27. The van der Waals surface area contributed by atoms with Gasteiger partial charge in [0.2, 0.25) is 0 Å². The van der Waals surface area contributed by atoms with Gasteiger partial charge in [-0.15, -0.1) is 0 Å². The fraction of sp³-hybridized carbons (Fsp3) is 0.417. The van der Waals surface area contributed by atoms with Gasteiger partial charge in [0.15, 0.2) is 6.61 Å². The first-order chi connectivity index (χ1) is 15.6. The highest BCUT2D eigenvalue weighted by Crippen LogP contribution is 2.15. The first-order valence-electron chi connectivity index (χ1n) is 10.8. The second-order valence-corrected chi connectivity index (χ2v) is 7.43. The molecule has 32 heavy (non-hydrogen) atoms. The van der Waals surface area contributed by atoms with Crippen LogP contribution in [-0.4, -0.2) is 69.6 Å². The summed E-state index contributed by atoms with van der Waals surface area (Å²) in [6, 6.07) is 13.8. The third kappa shape index (κ3) is 6.95. The number of nitrogens with zero attached hydrogens (tertiary/aromatic N) is 3. The molecule has 0 unspecified atom stereocenters. The van der Waals surface area contributed by atoms with E-state index in [2.05, 4.69) is 5.16 Å². The van der Waals surface area contributed by atoms with Gasteiger partial charge in [-0.05, 0) is 60.5 Å². The molecule has 1 saturated heterocycles. The average molecular weight is 444 g/mol. The SMILES string of the molecule is CC/C(=N/OCCN(C)c1ccc(F)cc1)c1ccc(OCC(=O)N2CCOCC2)cc1. The molecular weight excluding hydrogens is 413 g/mol. The number of carbonyl (C=O) groups excluding carboxylic acids is 1. The van der Waals surface area contributed by atoms with E-state index in [4.69, 9.17) is 14.3 Å². The number of benzene rings is 2. The van der Waals surface area contributed by atoms with Gasteiger partial charge < -0.3 is 24.1 Å². The number of likely N-dealkylation sites (N-methyl/N-ethyl adjacent to an activating group) is 1. The molecule has 0 atom stereocenters. The number of halogens is 1. The third-order valence-corrected chi connectivity index (χ3v) is 5.21. The Hall–Kier alpha value is -3.13. The quantitative estimate of drug-likeness (QED) is 0.320. The first-order valence-corrected chi connectivity index (χ1v) is 10.8. The highest BCUT2D eigenvalue weighted by Gasteiger charge is 2.17. The van der Waals surface area contributed by atoms with Crippen molar-refractivity contribution in [2.24, 2.45) is 5.16 Å². The molecule has 0 bridgehead atoms. The molecule has 1 aliphatic heterocycles. The topological polar surface area (TPSA) is 63.6 Å². The highest BCUT2D eigenvalue weighted by atomic mass is 19.1. The van der Waals surface area contributed by atoms with Gasteiger partial charge >= 0.3 is 0 Å². The molecule has 0 N–H and O–H groups in total. The number of oxime groups is 1. The Balaban J connectivity index is 1.45. The van der Waals surface area contributed by atoms with Crippen molar-refractivity contribution in [1.82, 2.24) is 4.90 Å². The van der Waals surface area contributed by atoms with Crippen molar-refractivity contribution in [3.63, 3.8) is 0 Å². The zero-order valence-electron chi connectivity index (χ0n) is 18.6. The van der Waals surface area contributed by atoms with Gasteiger partial charge in [-0.1, -0.05) is 12.1 Å². The lowest BCUT2D eigenvalue weighted by Gasteiger charge is -2.26. The number of rotatable bonds is 10. The van der Waals surface area contributed by atoms with Crippen molar-refractivity contribution >= 4 is 17.3 Å². The van der Waals surface area contributed by atoms with E-state index in [-0.39, 0.29) is 18.3 Å². The molecule has 0 aromatic heterocycles. The van der Waals surface area contributed by atoms with Crippen LogP contribution in [0.1, 0.15) is 18.9 Å². The zero-order chi connectivity index (χ0) is 22.8. The van der Waals surface area contributed by atoms with Crippen LogP contribution in [0.15, 0.2) is 53.7 Å². The number of anilines is 1. The maximum absolute atomic E-state index is 13.0. The van der Waals surface area contributed by atoms with Crippen LogP contribution in [0.4, 0.5) is 10.1 Å². The van der Waals surface area contributed by atoms with Crippen LogP contribution in [0.3, 0.4) is 0 Å². The minimum atomic E-state index is -0.254. The van der Waals surface area contributed by atoms with Crippen molar-refractivity contribution in [1.29, 1.82) is 0 Å². The number of hydrogen-bond donors (Lipinski definition) is 0. The lowest BCUT2D eigenvalue weighted by molar-refractivity contribution is -0.137. The van der Waals surface area contributed by atoms with Gasteiger partial charge in [0.25, 0.3) is 5.91 Å². The zero-order valence-corrected chi connectivity index (χ0v) is 18.6. The molecule has 1 aliphatic rings. The summed E-state index contributed by atoms with van der Waals surface area (Å²) in [6.07, 6.45) is 0.712. The van der Waals surface area contributed by atoms with Crippen molar-refractivity contribution in [2.75, 3.05) is 58.0 Å². The molecule has 2 aromatic carbocycles. The lowest BCUT2D eigenvalue weighted by atomic mass is 10.1. The summed E-state index contributed by atoms with van der Waals surface area (Å²) >= 11 is 0. The van der Waals surface area contributed by atoms with E-state index in [1.807, 2.05) is 43.1 Å². The fourth-order valence-corrected chi connectivity index (χ4v) is 3.24. The monoisotopic (exact) mass is 443 g/mol. The number of amides is 1. The molecule has 1 heterocycles. The predicted molar refractivity (Wildman–Crippen MR) is 122 cm³/mol. The normalized spacial score (nSPS) is 14.2. The second-order valence-electron chi connectivity index (χ2n) is 7.43. The number of carbonyl (C=O) groups is 1. The lowest BCUT2D eigenvalue weighted by Crippen LogP contribution is -2.42. The van der Waals surface area contributed by atoms with Crippen LogP contribution >= 0.6 is 0 Å². The van der Waals surface area contributed by atoms with Gasteiger partial charge in [-0.2, -0.15) is 0 Å². The van der Waals surface area contributed by atoms with E-state index in [0.29, 0.717) is 51.6 Å². The summed E-state index contributed by atoms with van der Waals surface area (Å²) in [6.45, 7) is 5.41. The standard InChI is InChI=1S/C24H30FN3O4/c1-3-23(26-32-17-12-27(2)21-8-6-20(25)7-9-21)19-4-10-22(11-5-19)31-18-24(29)28-13-15-30-16-14-28/h4-11H,3,12-18H2,1-2H3/b26-23-. The highest BCUT2D eigenvalue weighted by molar-refractivity contribution is 6.00. The Kier molecular flexibility index (Phi) is 8.86. The number of morpholine rings is 1. The van der Waals surface area contributed by atoms with E-state index in [1.165, 1.54) is 12.1 Å². The molecule has 0 radical (unpaired) electrons. The summed E-state index contributed by atoms with van der Waals surface area (Å²) < 4.78 is 23.9. The van der Waals surface area contributed by atoms with E-state index < -0.39 is 0 Å². The van der Waals surface area contributed by atoms with E-state index in [0.717, 1.165) is 17.0 Å². The maximum Gasteiger partial charge on any atom is 0.260 e. The molecule has 7 nitrogen and oxygen atoms in total. The van der Waals surface area contributed by atoms with E-state index >= 15 is 0 Å². The van der Waals surface area contributed by atoms with Crippen LogP contribution in [0.25, 0.3) is 0 Å². The van der Waals surface area contributed by atoms with Crippen molar-refractivity contribution in [2.45, 2.75) is 13.3 Å². The van der Waals surface area contributed by atoms with Crippen molar-refractivity contribution in [3.05, 3.63) is 59.9 Å². The van der Waals surface area contributed by atoms with Gasteiger partial charge in [0, 0.05) is 25.8 Å². The Morgan fingerprint density at radius 2 is 1.81 bits per heavy atom. The van der Waals surface area contributed by atoms with Gasteiger partial charge in [-0.3, -0.25) is 4.79 Å². The smallest absolute Gasteiger partial charge is 0.260 e. The molecule has 1 fully saturated rings. The Morgan fingerprint density at radius 1 is 1.12 bits per heavy atom.